The van der Waals surface area contributed by atoms with E-state index in [1.54, 1.807) is 24.5 Å². The van der Waals surface area contributed by atoms with Gasteiger partial charge in [-0.05, 0) is 44.7 Å². The van der Waals surface area contributed by atoms with Crippen molar-refractivity contribution in [3.8, 4) is 0 Å². The van der Waals surface area contributed by atoms with Crippen molar-refractivity contribution in [2.24, 2.45) is 5.92 Å². The van der Waals surface area contributed by atoms with Gasteiger partial charge in [0.15, 0.2) is 0 Å². The summed E-state index contributed by atoms with van der Waals surface area (Å²) in [7, 11) is 0. The number of carbonyl (C=O) groups is 2. The van der Waals surface area contributed by atoms with Crippen LogP contribution >= 0.6 is 22.9 Å². The number of aryl methyl sites for hydroxylation is 1. The van der Waals surface area contributed by atoms with E-state index >= 15 is 0 Å². The van der Waals surface area contributed by atoms with Gasteiger partial charge in [0.2, 0.25) is 5.91 Å². The number of aromatic nitrogens is 2. The Kier molecular flexibility index (Phi) is 6.21. The maximum atomic E-state index is 12.3. The number of halogens is 1. The zero-order valence-corrected chi connectivity index (χ0v) is 16.1. The second-order valence-corrected chi connectivity index (χ2v) is 8.21. The summed E-state index contributed by atoms with van der Waals surface area (Å²) in [6.07, 6.45) is 6.50. The molecule has 3 rings (SSSR count). The summed E-state index contributed by atoms with van der Waals surface area (Å²) in [5.74, 6) is -0.0623. The molecule has 0 aromatic carbocycles. The van der Waals surface area contributed by atoms with Gasteiger partial charge in [0, 0.05) is 18.2 Å². The highest BCUT2D eigenvalue weighted by Gasteiger charge is 2.27. The van der Waals surface area contributed by atoms with Gasteiger partial charge in [-0.15, -0.1) is 11.3 Å². The topological polar surface area (TPSA) is 84.0 Å². The average molecular weight is 393 g/mol. The molecule has 0 spiro atoms. The normalized spacial score (nSPS) is 19.8. The summed E-state index contributed by atoms with van der Waals surface area (Å²) in [6, 6.07) is 3.56. The van der Waals surface area contributed by atoms with E-state index in [0.717, 1.165) is 37.1 Å². The lowest BCUT2D eigenvalue weighted by Gasteiger charge is -2.28. The van der Waals surface area contributed by atoms with Crippen LogP contribution in [0.25, 0.3) is 0 Å². The number of hydrogen-bond donors (Lipinski definition) is 2. The zero-order valence-electron chi connectivity index (χ0n) is 14.5. The van der Waals surface area contributed by atoms with Crippen LogP contribution in [0, 0.1) is 12.8 Å². The minimum absolute atomic E-state index is 0.0160. The van der Waals surface area contributed by atoms with Crippen LogP contribution < -0.4 is 10.6 Å². The summed E-state index contributed by atoms with van der Waals surface area (Å²) in [5.41, 5.74) is 1.60. The first-order valence-corrected chi connectivity index (χ1v) is 9.82. The van der Waals surface area contributed by atoms with Crippen molar-refractivity contribution < 1.29 is 9.59 Å². The molecule has 2 aromatic heterocycles. The lowest BCUT2D eigenvalue weighted by atomic mass is 9.85. The second kappa shape index (κ2) is 8.60. The SMILES string of the molecule is Cc1cnc(CNC(=O)C2CCC(NC(=O)c3ccc(Cl)s3)CC2)cn1. The molecule has 2 N–H and O–H groups in total. The van der Waals surface area contributed by atoms with Crippen molar-refractivity contribution in [1.82, 2.24) is 20.6 Å². The Labute approximate surface area is 161 Å². The molecule has 0 unspecified atom stereocenters. The minimum atomic E-state index is -0.0900. The Morgan fingerprint density at radius 3 is 2.58 bits per heavy atom. The quantitative estimate of drug-likeness (QED) is 0.818. The van der Waals surface area contributed by atoms with Crippen molar-refractivity contribution >= 4 is 34.8 Å². The van der Waals surface area contributed by atoms with E-state index in [1.807, 2.05) is 6.92 Å². The van der Waals surface area contributed by atoms with Crippen LogP contribution in [0.15, 0.2) is 24.5 Å². The molecule has 6 nitrogen and oxygen atoms in total. The molecule has 1 aliphatic carbocycles. The summed E-state index contributed by atoms with van der Waals surface area (Å²) in [6.45, 7) is 2.27. The molecule has 2 heterocycles. The first kappa shape index (κ1) is 18.8. The third kappa shape index (κ3) is 5.02. The molecule has 1 saturated carbocycles. The van der Waals surface area contributed by atoms with E-state index in [2.05, 4.69) is 20.6 Å². The third-order valence-electron chi connectivity index (χ3n) is 4.51. The largest absolute Gasteiger partial charge is 0.350 e. The molecule has 138 valence electrons. The Balaban J connectivity index is 1.42. The van der Waals surface area contributed by atoms with Crippen LogP contribution in [0.3, 0.4) is 0 Å². The number of nitrogens with zero attached hydrogens (tertiary/aromatic N) is 2. The van der Waals surface area contributed by atoms with Crippen LogP contribution in [-0.2, 0) is 11.3 Å². The van der Waals surface area contributed by atoms with Crippen molar-refractivity contribution in [3.05, 3.63) is 45.1 Å². The molecule has 0 radical (unpaired) electrons. The van der Waals surface area contributed by atoms with E-state index in [4.69, 9.17) is 11.6 Å². The number of hydrogen-bond acceptors (Lipinski definition) is 5. The fourth-order valence-corrected chi connectivity index (χ4v) is 3.97. The van der Waals surface area contributed by atoms with Gasteiger partial charge in [0.05, 0.1) is 33.3 Å². The highest BCUT2D eigenvalue weighted by Crippen LogP contribution is 2.26. The molecular weight excluding hydrogens is 372 g/mol. The van der Waals surface area contributed by atoms with Gasteiger partial charge >= 0.3 is 0 Å². The number of thiophene rings is 1. The van der Waals surface area contributed by atoms with Crippen molar-refractivity contribution in [2.75, 3.05) is 0 Å². The fourth-order valence-electron chi connectivity index (χ4n) is 3.03. The van der Waals surface area contributed by atoms with Gasteiger partial charge in [-0.2, -0.15) is 0 Å². The molecule has 0 atom stereocenters. The molecule has 0 saturated heterocycles. The Bertz CT molecular complexity index is 770. The molecular formula is C18H21ClN4O2S. The van der Waals surface area contributed by atoms with Gasteiger partial charge in [0.1, 0.15) is 0 Å². The minimum Gasteiger partial charge on any atom is -0.350 e. The summed E-state index contributed by atoms with van der Waals surface area (Å²) in [5, 5.41) is 5.96. The van der Waals surface area contributed by atoms with Gasteiger partial charge in [-0.3, -0.25) is 19.6 Å². The molecule has 0 bridgehead atoms. The van der Waals surface area contributed by atoms with E-state index in [0.29, 0.717) is 15.8 Å². The van der Waals surface area contributed by atoms with Crippen molar-refractivity contribution in [1.29, 1.82) is 0 Å². The summed E-state index contributed by atoms with van der Waals surface area (Å²) >= 11 is 7.14. The van der Waals surface area contributed by atoms with Gasteiger partial charge < -0.3 is 10.6 Å². The molecule has 0 aliphatic heterocycles. The van der Waals surface area contributed by atoms with Crippen LogP contribution in [0.1, 0.15) is 46.7 Å². The highest BCUT2D eigenvalue weighted by molar-refractivity contribution is 7.18. The predicted octanol–water partition coefficient (Wildman–Crippen LogP) is 3.10. The van der Waals surface area contributed by atoms with Crippen LogP contribution in [0.2, 0.25) is 4.34 Å². The molecule has 2 amide bonds. The second-order valence-electron chi connectivity index (χ2n) is 6.49. The monoisotopic (exact) mass is 392 g/mol. The molecule has 1 aliphatic rings. The van der Waals surface area contributed by atoms with E-state index in [-0.39, 0.29) is 23.8 Å². The van der Waals surface area contributed by atoms with Gasteiger partial charge in [-0.25, -0.2) is 0 Å². The van der Waals surface area contributed by atoms with Gasteiger partial charge in [0.25, 0.3) is 5.91 Å². The number of amides is 2. The maximum absolute atomic E-state index is 12.3. The molecule has 1 fully saturated rings. The van der Waals surface area contributed by atoms with E-state index < -0.39 is 0 Å². The van der Waals surface area contributed by atoms with Gasteiger partial charge in [-0.1, -0.05) is 11.6 Å². The van der Waals surface area contributed by atoms with E-state index in [9.17, 15) is 9.59 Å². The Hall–Kier alpha value is -1.99. The van der Waals surface area contributed by atoms with Crippen molar-refractivity contribution in [3.63, 3.8) is 0 Å². The van der Waals surface area contributed by atoms with Crippen LogP contribution in [0.5, 0.6) is 0 Å². The number of carbonyl (C=O) groups excluding carboxylic acids is 2. The third-order valence-corrected chi connectivity index (χ3v) is 5.74. The van der Waals surface area contributed by atoms with E-state index in [1.165, 1.54) is 11.3 Å². The Morgan fingerprint density at radius 1 is 1.19 bits per heavy atom. The number of rotatable bonds is 5. The molecule has 8 heteroatoms. The van der Waals surface area contributed by atoms with Crippen molar-refractivity contribution in [2.45, 2.75) is 45.2 Å². The lowest BCUT2D eigenvalue weighted by Crippen LogP contribution is -2.40. The standard InChI is InChI=1S/C18H21ClN4O2S/c1-11-8-21-14(9-20-11)10-22-17(24)12-2-4-13(5-3-12)23-18(25)15-6-7-16(19)26-15/h6-9,12-13H,2-5,10H2,1H3,(H,22,24)(H,23,25). The smallest absolute Gasteiger partial charge is 0.261 e. The maximum Gasteiger partial charge on any atom is 0.261 e. The van der Waals surface area contributed by atoms with Crippen LogP contribution in [0.4, 0.5) is 0 Å². The first-order valence-electron chi connectivity index (χ1n) is 8.62. The summed E-state index contributed by atoms with van der Waals surface area (Å²) in [4.78, 5) is 33.5. The summed E-state index contributed by atoms with van der Waals surface area (Å²) < 4.78 is 0.605. The molecule has 26 heavy (non-hydrogen) atoms. The Morgan fingerprint density at radius 2 is 1.96 bits per heavy atom. The lowest BCUT2D eigenvalue weighted by molar-refractivity contribution is -0.126. The zero-order chi connectivity index (χ0) is 18.5. The average Bonchev–Trinajstić information content (AvgIpc) is 3.08. The van der Waals surface area contributed by atoms with Crippen LogP contribution in [-0.4, -0.2) is 27.8 Å². The number of nitrogens with one attached hydrogen (secondary N) is 2. The molecule has 2 aromatic rings. The fraction of sp³-hybridized carbons (Fsp3) is 0.444. The predicted molar refractivity (Wildman–Crippen MR) is 101 cm³/mol. The first-order chi connectivity index (χ1) is 12.5. The highest BCUT2D eigenvalue weighted by atomic mass is 35.5.